The molecule has 1 aromatic carbocycles. The highest BCUT2D eigenvalue weighted by Gasteiger charge is 2.39. The number of nitrogens with zero attached hydrogens (tertiary/aromatic N) is 4. The van der Waals surface area contributed by atoms with Crippen molar-refractivity contribution >= 4 is 45.5 Å². The smallest absolute Gasteiger partial charge is 0.103 e. The van der Waals surface area contributed by atoms with Crippen LogP contribution in [-0.4, -0.2) is 52.1 Å². The number of allylic oxidation sites excluding steroid dienone is 3. The highest BCUT2D eigenvalue weighted by Crippen LogP contribution is 2.41. The number of hydrogen-bond donors (Lipinski definition) is 4. The molecule has 2 aliphatic heterocycles. The van der Waals surface area contributed by atoms with Crippen molar-refractivity contribution in [3.8, 4) is 6.07 Å². The van der Waals surface area contributed by atoms with E-state index in [1.165, 1.54) is 12.8 Å². The van der Waals surface area contributed by atoms with Crippen LogP contribution in [0.3, 0.4) is 0 Å². The van der Waals surface area contributed by atoms with Crippen molar-refractivity contribution in [3.63, 3.8) is 0 Å². The van der Waals surface area contributed by atoms with Crippen LogP contribution in [0.4, 0.5) is 11.4 Å². The molecule has 1 aromatic heterocycles. The molecular weight excluding hydrogens is 579 g/mol. The van der Waals surface area contributed by atoms with Gasteiger partial charge in [0.25, 0.3) is 0 Å². The monoisotopic (exact) mass is 620 g/mol. The summed E-state index contributed by atoms with van der Waals surface area (Å²) >= 11 is 13.2. The largest absolute Gasteiger partial charge is 0.383 e. The third-order valence-electron chi connectivity index (χ3n) is 9.37. The molecule has 2 atom stereocenters. The number of rotatable bonds is 8. The average Bonchev–Trinajstić information content (AvgIpc) is 3.69. The molecule has 0 radical (unpaired) electrons. The minimum absolute atomic E-state index is 0.125. The normalized spacial score (nSPS) is 23.9. The second-order valence-corrected chi connectivity index (χ2v) is 14.5. The predicted molar refractivity (Wildman–Crippen MR) is 176 cm³/mol. The van der Waals surface area contributed by atoms with E-state index in [4.69, 9.17) is 23.2 Å². The van der Waals surface area contributed by atoms with E-state index in [0.717, 1.165) is 66.4 Å². The first-order valence-electron chi connectivity index (χ1n) is 15.4. The van der Waals surface area contributed by atoms with Gasteiger partial charge in [-0.2, -0.15) is 5.26 Å². The van der Waals surface area contributed by atoms with Crippen molar-refractivity contribution in [3.05, 3.63) is 64.1 Å². The summed E-state index contributed by atoms with van der Waals surface area (Å²) in [4.78, 5) is 7.11. The number of piperidine rings is 1. The lowest BCUT2D eigenvalue weighted by molar-refractivity contribution is 0.0569. The van der Waals surface area contributed by atoms with Crippen LogP contribution < -0.4 is 21.6 Å². The molecule has 228 valence electrons. The second kappa shape index (κ2) is 11.9. The minimum atomic E-state index is -0.272. The summed E-state index contributed by atoms with van der Waals surface area (Å²) in [5.74, 6) is 0.658. The van der Waals surface area contributed by atoms with Gasteiger partial charge in [0.15, 0.2) is 0 Å². The van der Waals surface area contributed by atoms with Crippen molar-refractivity contribution in [1.29, 1.82) is 5.26 Å². The molecule has 2 fully saturated rings. The van der Waals surface area contributed by atoms with Gasteiger partial charge < -0.3 is 16.1 Å². The summed E-state index contributed by atoms with van der Waals surface area (Å²) in [5, 5.41) is 21.6. The van der Waals surface area contributed by atoms with Gasteiger partial charge in [0, 0.05) is 65.1 Å². The summed E-state index contributed by atoms with van der Waals surface area (Å²) in [6.07, 6.45) is 15.5. The van der Waals surface area contributed by atoms with Crippen molar-refractivity contribution in [1.82, 2.24) is 25.9 Å². The third kappa shape index (κ3) is 6.46. The highest BCUT2D eigenvalue weighted by molar-refractivity contribution is 6.36. The van der Waals surface area contributed by atoms with E-state index in [-0.39, 0.29) is 17.0 Å². The summed E-state index contributed by atoms with van der Waals surface area (Å²) in [6.45, 7) is 12.1. The van der Waals surface area contributed by atoms with Crippen LogP contribution in [0.5, 0.6) is 0 Å². The number of fused-ring (bicyclic) bond motifs is 1. The number of likely N-dealkylation sites (tertiary alicyclic amines) is 1. The van der Waals surface area contributed by atoms with Crippen molar-refractivity contribution in [2.45, 2.75) is 77.4 Å². The maximum atomic E-state index is 9.87. The number of benzene rings is 1. The summed E-state index contributed by atoms with van der Waals surface area (Å²) < 4.78 is 0. The zero-order chi connectivity index (χ0) is 30.4. The molecule has 3 heterocycles. The van der Waals surface area contributed by atoms with Crippen LogP contribution in [-0.2, 0) is 0 Å². The lowest BCUT2D eigenvalue weighted by Crippen LogP contribution is -2.53. The van der Waals surface area contributed by atoms with Crippen LogP contribution in [0.15, 0.2) is 53.5 Å². The second-order valence-electron chi connectivity index (χ2n) is 13.7. The fraction of sp³-hybridized carbons (Fsp3) is 0.515. The van der Waals surface area contributed by atoms with Gasteiger partial charge in [0.05, 0.1) is 33.5 Å². The van der Waals surface area contributed by atoms with Crippen LogP contribution >= 0.6 is 23.2 Å². The Kier molecular flexibility index (Phi) is 8.29. The van der Waals surface area contributed by atoms with Crippen LogP contribution in [0, 0.1) is 22.7 Å². The number of aromatic nitrogens is 1. The zero-order valence-electron chi connectivity index (χ0n) is 25.5. The lowest BCUT2D eigenvalue weighted by atomic mass is 9.75. The van der Waals surface area contributed by atoms with E-state index >= 15 is 0 Å². The maximum absolute atomic E-state index is 9.87. The molecule has 1 saturated heterocycles. The quantitative estimate of drug-likeness (QED) is 0.254. The number of hydrogen-bond acceptors (Lipinski definition) is 8. The molecule has 2 aliphatic carbocycles. The highest BCUT2D eigenvalue weighted by atomic mass is 35.5. The Hall–Kier alpha value is -2.96. The molecule has 0 spiro atoms. The Morgan fingerprint density at radius 1 is 1.19 bits per heavy atom. The number of hydrazine groups is 2. The number of halogens is 2. The predicted octanol–water partition coefficient (Wildman–Crippen LogP) is 6.88. The molecule has 1 saturated carbocycles. The summed E-state index contributed by atoms with van der Waals surface area (Å²) in [5.41, 5.74) is 10.8. The number of nitriles is 1. The molecule has 10 heteroatoms. The molecule has 43 heavy (non-hydrogen) atoms. The van der Waals surface area contributed by atoms with Crippen molar-refractivity contribution in [2.75, 3.05) is 30.3 Å². The Morgan fingerprint density at radius 3 is 2.60 bits per heavy atom. The first-order chi connectivity index (χ1) is 20.5. The van der Waals surface area contributed by atoms with Crippen molar-refractivity contribution < 1.29 is 0 Å². The van der Waals surface area contributed by atoms with Gasteiger partial charge in [-0.05, 0) is 77.0 Å². The fourth-order valence-electron chi connectivity index (χ4n) is 6.39. The molecule has 0 bridgehead atoms. The average molecular weight is 622 g/mol. The molecule has 8 nitrogen and oxygen atoms in total. The fourth-order valence-corrected chi connectivity index (χ4v) is 6.80. The first kappa shape index (κ1) is 30.1. The number of nitrogens with one attached hydrogen (secondary N) is 4. The van der Waals surface area contributed by atoms with Gasteiger partial charge in [-0.3, -0.25) is 14.9 Å². The van der Waals surface area contributed by atoms with Gasteiger partial charge in [-0.15, -0.1) is 5.53 Å². The van der Waals surface area contributed by atoms with Crippen LogP contribution in [0.1, 0.15) is 65.4 Å². The molecule has 0 amide bonds. The van der Waals surface area contributed by atoms with E-state index in [1.54, 1.807) is 6.20 Å². The molecule has 4 N–H and O–H groups in total. The van der Waals surface area contributed by atoms with Crippen LogP contribution in [0.25, 0.3) is 10.9 Å². The third-order valence-corrected chi connectivity index (χ3v) is 9.93. The molecular formula is C33H42Cl2N8. The van der Waals surface area contributed by atoms with E-state index in [0.29, 0.717) is 28.1 Å². The topological polar surface area (TPSA) is 91.3 Å². The van der Waals surface area contributed by atoms with Gasteiger partial charge in [0.2, 0.25) is 0 Å². The summed E-state index contributed by atoms with van der Waals surface area (Å²) in [7, 11) is 0. The zero-order valence-corrected chi connectivity index (χ0v) is 27.0. The van der Waals surface area contributed by atoms with Gasteiger partial charge in [-0.25, -0.2) is 0 Å². The molecule has 6 rings (SSSR count). The Bertz CT molecular complexity index is 1510. The number of anilines is 2. The standard InChI is InChI=1S/C33H42Cl2N8/c1-32(2,3)42-13-9-25(10-14-42)43-20-28(40-41-43)31(33(4)11-7-23(34)8-12-33)39-24-15-26-29(37-18-21-5-6-21)22(17-36)19-38-30(26)27(35)16-24/h7-8,11,15-16,19-21,25,31,39-41H,5-6,9-10,12-14,18H2,1-4H3,(H,37,38)/t31-,33?/m1/s1. The number of pyridine rings is 1. The van der Waals surface area contributed by atoms with Crippen molar-refractivity contribution in [2.24, 2.45) is 11.3 Å². The molecule has 2 aromatic rings. The van der Waals surface area contributed by atoms with Gasteiger partial charge >= 0.3 is 0 Å². The van der Waals surface area contributed by atoms with E-state index in [1.807, 2.05) is 12.1 Å². The van der Waals surface area contributed by atoms with E-state index < -0.39 is 0 Å². The first-order valence-corrected chi connectivity index (χ1v) is 16.1. The molecule has 1 unspecified atom stereocenters. The SMILES string of the molecule is CC1([C@H](Nc2cc(Cl)c3ncc(C#N)c(NCC4CC4)c3c2)C2=CN(C3CCN(C(C)(C)C)CC3)NN2)C=CC(Cl)=CC1. The minimum Gasteiger partial charge on any atom is -0.383 e. The Morgan fingerprint density at radius 2 is 1.95 bits per heavy atom. The lowest BCUT2D eigenvalue weighted by Gasteiger charge is -2.42. The molecule has 4 aliphatic rings. The van der Waals surface area contributed by atoms with Crippen LogP contribution in [0.2, 0.25) is 5.02 Å². The van der Waals surface area contributed by atoms with E-state index in [2.05, 4.69) is 94.7 Å². The van der Waals surface area contributed by atoms with Gasteiger partial charge in [-0.1, -0.05) is 42.3 Å². The summed E-state index contributed by atoms with van der Waals surface area (Å²) in [6, 6.07) is 6.59. The Balaban J connectivity index is 1.31. The Labute approximate surface area is 265 Å². The maximum Gasteiger partial charge on any atom is 0.103 e. The van der Waals surface area contributed by atoms with E-state index in [9.17, 15) is 5.26 Å². The van der Waals surface area contributed by atoms with Gasteiger partial charge in [0.1, 0.15) is 6.07 Å².